The molecule has 0 aliphatic carbocycles. The monoisotopic (exact) mass is 180 g/mol. The molecule has 0 fully saturated rings. The summed E-state index contributed by atoms with van der Waals surface area (Å²) in [7, 11) is -1.76. The van der Waals surface area contributed by atoms with Crippen molar-refractivity contribution < 1.29 is 19.4 Å². The SMILES string of the molecule is OB(O)Oc1ccc2c(c1)CCO2. The topological polar surface area (TPSA) is 58.9 Å². The van der Waals surface area contributed by atoms with Crippen molar-refractivity contribution in [1.82, 2.24) is 0 Å². The number of fused-ring (bicyclic) bond motifs is 1. The van der Waals surface area contributed by atoms with Gasteiger partial charge < -0.3 is 19.4 Å². The van der Waals surface area contributed by atoms with Crippen LogP contribution < -0.4 is 9.39 Å². The standard InChI is InChI=1S/C8H9BO4/c10-9(11)13-7-1-2-8-6(5-7)3-4-12-8/h1-2,5,10-11H,3-4H2. The van der Waals surface area contributed by atoms with Gasteiger partial charge in [0.2, 0.25) is 0 Å². The fourth-order valence-electron chi connectivity index (χ4n) is 1.36. The van der Waals surface area contributed by atoms with E-state index in [9.17, 15) is 0 Å². The second kappa shape index (κ2) is 3.28. The Balaban J connectivity index is 2.21. The number of hydrogen-bond donors (Lipinski definition) is 2. The molecule has 0 unspecified atom stereocenters. The van der Waals surface area contributed by atoms with E-state index in [1.165, 1.54) is 0 Å². The van der Waals surface area contributed by atoms with Crippen molar-refractivity contribution in [3.8, 4) is 11.5 Å². The zero-order valence-electron chi connectivity index (χ0n) is 6.93. The summed E-state index contributed by atoms with van der Waals surface area (Å²) in [5, 5.41) is 17.1. The first-order valence-electron chi connectivity index (χ1n) is 4.04. The first-order chi connectivity index (χ1) is 6.25. The summed E-state index contributed by atoms with van der Waals surface area (Å²) in [5.41, 5.74) is 1.04. The molecule has 0 radical (unpaired) electrons. The highest BCUT2D eigenvalue weighted by Crippen LogP contribution is 2.28. The maximum Gasteiger partial charge on any atom is 0.707 e. The van der Waals surface area contributed by atoms with Crippen LogP contribution in [0.15, 0.2) is 18.2 Å². The Labute approximate surface area is 75.9 Å². The van der Waals surface area contributed by atoms with Crippen molar-refractivity contribution >= 4 is 7.32 Å². The van der Waals surface area contributed by atoms with Crippen LogP contribution in [-0.4, -0.2) is 24.0 Å². The van der Waals surface area contributed by atoms with E-state index >= 15 is 0 Å². The van der Waals surface area contributed by atoms with Gasteiger partial charge in [0.1, 0.15) is 11.5 Å². The molecule has 0 spiro atoms. The predicted molar refractivity (Wildman–Crippen MR) is 46.5 cm³/mol. The van der Waals surface area contributed by atoms with Gasteiger partial charge in [0.05, 0.1) is 6.61 Å². The summed E-state index contributed by atoms with van der Waals surface area (Å²) < 4.78 is 9.97. The van der Waals surface area contributed by atoms with Gasteiger partial charge in [0.25, 0.3) is 0 Å². The summed E-state index contributed by atoms with van der Waals surface area (Å²) in [4.78, 5) is 0. The van der Waals surface area contributed by atoms with Gasteiger partial charge in [-0.2, -0.15) is 0 Å². The van der Waals surface area contributed by atoms with Crippen LogP contribution in [0.25, 0.3) is 0 Å². The van der Waals surface area contributed by atoms with Gasteiger partial charge in [0, 0.05) is 12.0 Å². The highest BCUT2D eigenvalue weighted by Gasteiger charge is 2.15. The molecular formula is C8H9BO4. The fourth-order valence-corrected chi connectivity index (χ4v) is 1.36. The smallest absolute Gasteiger partial charge is 0.512 e. The molecule has 0 atom stereocenters. The normalized spacial score (nSPS) is 13.4. The molecule has 0 saturated heterocycles. The van der Waals surface area contributed by atoms with Gasteiger partial charge in [-0.3, -0.25) is 0 Å². The molecule has 4 nitrogen and oxygen atoms in total. The lowest BCUT2D eigenvalue weighted by Crippen LogP contribution is -2.20. The molecule has 13 heavy (non-hydrogen) atoms. The number of benzene rings is 1. The lowest BCUT2D eigenvalue weighted by Gasteiger charge is -2.05. The van der Waals surface area contributed by atoms with Crippen LogP contribution in [0.3, 0.4) is 0 Å². The first kappa shape index (κ1) is 8.41. The molecule has 1 aromatic rings. The summed E-state index contributed by atoms with van der Waals surface area (Å²) in [6, 6.07) is 5.16. The van der Waals surface area contributed by atoms with Crippen LogP contribution in [0.2, 0.25) is 0 Å². The van der Waals surface area contributed by atoms with Crippen molar-refractivity contribution in [3.63, 3.8) is 0 Å². The van der Waals surface area contributed by atoms with Crippen molar-refractivity contribution in [2.75, 3.05) is 6.61 Å². The molecule has 0 bridgehead atoms. The van der Waals surface area contributed by atoms with Crippen molar-refractivity contribution in [2.45, 2.75) is 6.42 Å². The third-order valence-corrected chi connectivity index (χ3v) is 1.90. The molecule has 1 aliphatic heterocycles. The van der Waals surface area contributed by atoms with Crippen LogP contribution in [0.4, 0.5) is 0 Å². The van der Waals surface area contributed by atoms with E-state index < -0.39 is 7.32 Å². The Morgan fingerprint density at radius 3 is 3.00 bits per heavy atom. The minimum Gasteiger partial charge on any atom is -0.512 e. The minimum absolute atomic E-state index is 0.444. The minimum atomic E-state index is -1.76. The zero-order chi connectivity index (χ0) is 9.26. The van der Waals surface area contributed by atoms with E-state index in [4.69, 9.17) is 19.4 Å². The highest BCUT2D eigenvalue weighted by atomic mass is 16.6. The average molecular weight is 180 g/mol. The second-order valence-electron chi connectivity index (χ2n) is 2.81. The van der Waals surface area contributed by atoms with E-state index in [1.54, 1.807) is 18.2 Å². The number of hydrogen-bond acceptors (Lipinski definition) is 4. The Morgan fingerprint density at radius 2 is 2.23 bits per heavy atom. The number of rotatable bonds is 2. The van der Waals surface area contributed by atoms with E-state index in [1.807, 2.05) is 0 Å². The first-order valence-corrected chi connectivity index (χ1v) is 4.04. The van der Waals surface area contributed by atoms with Gasteiger partial charge in [-0.05, 0) is 18.2 Å². The Morgan fingerprint density at radius 1 is 1.38 bits per heavy atom. The molecule has 2 N–H and O–H groups in total. The molecule has 1 aromatic carbocycles. The highest BCUT2D eigenvalue weighted by molar-refractivity contribution is 6.33. The van der Waals surface area contributed by atoms with E-state index in [-0.39, 0.29) is 0 Å². The van der Waals surface area contributed by atoms with Crippen LogP contribution in [0, 0.1) is 0 Å². The molecule has 2 rings (SSSR count). The van der Waals surface area contributed by atoms with Crippen LogP contribution in [-0.2, 0) is 6.42 Å². The molecule has 0 aromatic heterocycles. The van der Waals surface area contributed by atoms with Crippen LogP contribution >= 0.6 is 0 Å². The average Bonchev–Trinajstić information content (AvgIpc) is 2.49. The zero-order valence-corrected chi connectivity index (χ0v) is 6.93. The second-order valence-corrected chi connectivity index (χ2v) is 2.81. The third kappa shape index (κ3) is 1.76. The molecule has 1 heterocycles. The van der Waals surface area contributed by atoms with Gasteiger partial charge in [-0.15, -0.1) is 0 Å². The van der Waals surface area contributed by atoms with Gasteiger partial charge in [-0.25, -0.2) is 0 Å². The quantitative estimate of drug-likeness (QED) is 0.627. The molecular weight excluding hydrogens is 171 g/mol. The van der Waals surface area contributed by atoms with E-state index in [0.29, 0.717) is 12.4 Å². The van der Waals surface area contributed by atoms with Crippen molar-refractivity contribution in [3.05, 3.63) is 23.8 Å². The maximum atomic E-state index is 8.56. The predicted octanol–water partition coefficient (Wildman–Crippen LogP) is -0.0302. The third-order valence-electron chi connectivity index (χ3n) is 1.90. The summed E-state index contributed by atoms with van der Waals surface area (Å²) in [6.45, 7) is 0.681. The molecule has 1 aliphatic rings. The molecule has 68 valence electrons. The maximum absolute atomic E-state index is 8.56. The lowest BCUT2D eigenvalue weighted by atomic mass is 10.1. The van der Waals surface area contributed by atoms with Gasteiger partial charge in [-0.1, -0.05) is 0 Å². The van der Waals surface area contributed by atoms with Crippen molar-refractivity contribution in [2.24, 2.45) is 0 Å². The van der Waals surface area contributed by atoms with Gasteiger partial charge >= 0.3 is 7.32 Å². The molecule has 0 amide bonds. The summed E-state index contributed by atoms with van der Waals surface area (Å²) in [5.74, 6) is 1.29. The fraction of sp³-hybridized carbons (Fsp3) is 0.250. The Hall–Kier alpha value is -1.20. The van der Waals surface area contributed by atoms with Gasteiger partial charge in [0.15, 0.2) is 0 Å². The summed E-state index contributed by atoms with van der Waals surface area (Å²) in [6.07, 6.45) is 0.841. The Kier molecular flexibility index (Phi) is 2.12. The molecule has 0 saturated carbocycles. The van der Waals surface area contributed by atoms with E-state index in [0.717, 1.165) is 17.7 Å². The molecule has 5 heteroatoms. The largest absolute Gasteiger partial charge is 0.707 e. The number of ether oxygens (including phenoxy) is 1. The van der Waals surface area contributed by atoms with Crippen LogP contribution in [0.1, 0.15) is 5.56 Å². The van der Waals surface area contributed by atoms with E-state index in [2.05, 4.69) is 0 Å². The Bertz CT molecular complexity index is 313. The summed E-state index contributed by atoms with van der Waals surface area (Å²) >= 11 is 0. The van der Waals surface area contributed by atoms with Crippen molar-refractivity contribution in [1.29, 1.82) is 0 Å². The van der Waals surface area contributed by atoms with Crippen LogP contribution in [0.5, 0.6) is 11.5 Å². The lowest BCUT2D eigenvalue weighted by molar-refractivity contribution is 0.288.